The normalized spacial score (nSPS) is 14.6. The molecular weight excluding hydrogens is 412 g/mol. The Bertz CT molecular complexity index is 466. The summed E-state index contributed by atoms with van der Waals surface area (Å²) in [7, 11) is 0. The molecule has 0 spiro atoms. The van der Waals surface area contributed by atoms with Crippen molar-refractivity contribution in [2.45, 2.75) is 143 Å². The van der Waals surface area contributed by atoms with Crippen LogP contribution in [0, 0.1) is 17.3 Å². The van der Waals surface area contributed by atoms with Gasteiger partial charge in [0.05, 0.1) is 13.2 Å². The first-order valence-corrected chi connectivity index (χ1v) is 14.2. The molecule has 0 aromatic heterocycles. The lowest BCUT2D eigenvalue weighted by Crippen LogP contribution is -2.30. The molecule has 0 bridgehead atoms. The molecule has 0 aliphatic heterocycles. The third-order valence-corrected chi connectivity index (χ3v) is 6.85. The Morgan fingerprint density at radius 2 is 0.848 bits per heavy atom. The third-order valence-electron chi connectivity index (χ3n) is 6.85. The standard InChI is InChI=1S/C29H54O4/c1-25(2)19-15-11-7-5-9-13-17-23-32-27(30)29(21-22-29)28(31)33-24-18-14-10-6-8-12-16-20-26(3)4/h25-26H,5-24H2,1-4H3. The van der Waals surface area contributed by atoms with E-state index in [1.807, 2.05) is 0 Å². The summed E-state index contributed by atoms with van der Waals surface area (Å²) < 4.78 is 10.9. The van der Waals surface area contributed by atoms with Crippen molar-refractivity contribution in [3.63, 3.8) is 0 Å². The van der Waals surface area contributed by atoms with E-state index in [0.29, 0.717) is 26.1 Å². The summed E-state index contributed by atoms with van der Waals surface area (Å²) in [5, 5.41) is 0. The topological polar surface area (TPSA) is 52.6 Å². The van der Waals surface area contributed by atoms with Gasteiger partial charge < -0.3 is 9.47 Å². The van der Waals surface area contributed by atoms with Gasteiger partial charge >= 0.3 is 11.9 Å². The molecule has 0 unspecified atom stereocenters. The second kappa shape index (κ2) is 18.3. The van der Waals surface area contributed by atoms with Crippen LogP contribution >= 0.6 is 0 Å². The molecule has 1 saturated carbocycles. The van der Waals surface area contributed by atoms with Crippen molar-refractivity contribution in [3.05, 3.63) is 0 Å². The molecule has 194 valence electrons. The minimum atomic E-state index is -0.979. The lowest BCUT2D eigenvalue weighted by atomic mass is 10.0. The van der Waals surface area contributed by atoms with E-state index >= 15 is 0 Å². The molecule has 0 N–H and O–H groups in total. The minimum absolute atomic E-state index is 0.359. The average molecular weight is 467 g/mol. The van der Waals surface area contributed by atoms with Crippen LogP contribution in [0.1, 0.15) is 143 Å². The SMILES string of the molecule is CC(C)CCCCCCCCCOC(=O)C1(C(=O)OCCCCCCCCCC(C)C)CC1. The molecule has 4 heteroatoms. The molecule has 0 amide bonds. The number of unbranched alkanes of at least 4 members (excludes halogenated alkanes) is 12. The Balaban J connectivity index is 1.97. The summed E-state index contributed by atoms with van der Waals surface area (Å²) in [5.41, 5.74) is -0.979. The summed E-state index contributed by atoms with van der Waals surface area (Å²) >= 11 is 0. The number of rotatable bonds is 22. The molecule has 1 fully saturated rings. The van der Waals surface area contributed by atoms with Crippen molar-refractivity contribution >= 4 is 11.9 Å². The van der Waals surface area contributed by atoms with Crippen molar-refractivity contribution < 1.29 is 19.1 Å². The molecule has 1 aliphatic rings. The van der Waals surface area contributed by atoms with Gasteiger partial charge in [-0.05, 0) is 37.5 Å². The van der Waals surface area contributed by atoms with Crippen molar-refractivity contribution in [1.82, 2.24) is 0 Å². The van der Waals surface area contributed by atoms with E-state index in [4.69, 9.17) is 9.47 Å². The van der Waals surface area contributed by atoms with Crippen LogP contribution in [0.25, 0.3) is 0 Å². The summed E-state index contributed by atoms with van der Waals surface area (Å²) in [6.07, 6.45) is 20.7. The van der Waals surface area contributed by atoms with Crippen molar-refractivity contribution in [1.29, 1.82) is 0 Å². The van der Waals surface area contributed by atoms with Crippen LogP contribution < -0.4 is 0 Å². The molecule has 0 saturated heterocycles. The molecular formula is C29H54O4. The third kappa shape index (κ3) is 14.7. The zero-order valence-electron chi connectivity index (χ0n) is 22.4. The molecule has 0 aromatic carbocycles. The fourth-order valence-electron chi connectivity index (χ4n) is 4.30. The Hall–Kier alpha value is -1.06. The lowest BCUT2D eigenvalue weighted by molar-refractivity contribution is -0.164. The predicted octanol–water partition coefficient (Wildman–Crippen LogP) is 8.41. The van der Waals surface area contributed by atoms with Crippen molar-refractivity contribution in [3.8, 4) is 0 Å². The Morgan fingerprint density at radius 1 is 0.545 bits per heavy atom. The number of ether oxygens (including phenoxy) is 2. The van der Waals surface area contributed by atoms with Gasteiger partial charge in [0, 0.05) is 0 Å². The average Bonchev–Trinajstić information content (AvgIpc) is 3.58. The van der Waals surface area contributed by atoms with Gasteiger partial charge in [-0.3, -0.25) is 9.59 Å². The van der Waals surface area contributed by atoms with E-state index < -0.39 is 5.41 Å². The molecule has 0 radical (unpaired) electrons. The van der Waals surface area contributed by atoms with E-state index in [9.17, 15) is 9.59 Å². The number of hydrogen-bond donors (Lipinski definition) is 0. The summed E-state index contributed by atoms with van der Waals surface area (Å²) in [5.74, 6) is 0.905. The Morgan fingerprint density at radius 3 is 1.15 bits per heavy atom. The highest BCUT2D eigenvalue weighted by Crippen LogP contribution is 2.48. The van der Waals surface area contributed by atoms with Gasteiger partial charge in [-0.1, -0.05) is 118 Å². The first kappa shape index (κ1) is 30.0. The maximum atomic E-state index is 12.4. The van der Waals surface area contributed by atoms with E-state index in [1.165, 1.54) is 77.0 Å². The Kier molecular flexibility index (Phi) is 16.6. The smallest absolute Gasteiger partial charge is 0.323 e. The van der Waals surface area contributed by atoms with Gasteiger partial charge in [-0.2, -0.15) is 0 Å². The zero-order chi connectivity index (χ0) is 24.4. The van der Waals surface area contributed by atoms with Gasteiger partial charge in [-0.15, -0.1) is 0 Å². The fourth-order valence-corrected chi connectivity index (χ4v) is 4.30. The first-order chi connectivity index (χ1) is 15.9. The van der Waals surface area contributed by atoms with Crippen molar-refractivity contribution in [2.24, 2.45) is 17.3 Å². The van der Waals surface area contributed by atoms with Gasteiger partial charge in [-0.25, -0.2) is 0 Å². The van der Waals surface area contributed by atoms with Crippen LogP contribution in [-0.4, -0.2) is 25.2 Å². The quantitative estimate of drug-likeness (QED) is 0.0912. The monoisotopic (exact) mass is 466 g/mol. The second-order valence-electron chi connectivity index (χ2n) is 11.2. The number of carbonyl (C=O) groups excluding carboxylic acids is 2. The number of hydrogen-bond acceptors (Lipinski definition) is 4. The van der Waals surface area contributed by atoms with Gasteiger partial charge in [0.25, 0.3) is 0 Å². The largest absolute Gasteiger partial charge is 0.465 e. The van der Waals surface area contributed by atoms with E-state index in [2.05, 4.69) is 27.7 Å². The van der Waals surface area contributed by atoms with Crippen LogP contribution in [0.5, 0.6) is 0 Å². The molecule has 1 aliphatic carbocycles. The summed E-state index contributed by atoms with van der Waals surface area (Å²) in [6, 6.07) is 0. The highest BCUT2D eigenvalue weighted by Gasteiger charge is 2.59. The fraction of sp³-hybridized carbons (Fsp3) is 0.931. The van der Waals surface area contributed by atoms with Crippen LogP contribution in [0.2, 0.25) is 0 Å². The van der Waals surface area contributed by atoms with Crippen LogP contribution in [0.3, 0.4) is 0 Å². The maximum Gasteiger partial charge on any atom is 0.323 e. The molecule has 1 rings (SSSR count). The van der Waals surface area contributed by atoms with Crippen molar-refractivity contribution in [2.75, 3.05) is 13.2 Å². The number of esters is 2. The van der Waals surface area contributed by atoms with E-state index in [-0.39, 0.29) is 11.9 Å². The van der Waals surface area contributed by atoms with Gasteiger partial charge in [0.2, 0.25) is 0 Å². The highest BCUT2D eigenvalue weighted by atomic mass is 16.6. The molecule has 0 aromatic rings. The zero-order valence-corrected chi connectivity index (χ0v) is 22.4. The number of carbonyl (C=O) groups is 2. The summed E-state index contributed by atoms with van der Waals surface area (Å²) in [6.45, 7) is 9.99. The van der Waals surface area contributed by atoms with E-state index in [0.717, 1.165) is 37.5 Å². The molecule has 0 heterocycles. The molecule has 0 atom stereocenters. The molecule has 4 nitrogen and oxygen atoms in total. The first-order valence-electron chi connectivity index (χ1n) is 14.2. The molecule has 33 heavy (non-hydrogen) atoms. The van der Waals surface area contributed by atoms with Gasteiger partial charge in [0.15, 0.2) is 5.41 Å². The Labute approximate surface area is 205 Å². The highest BCUT2D eigenvalue weighted by molar-refractivity contribution is 6.03. The van der Waals surface area contributed by atoms with E-state index in [1.54, 1.807) is 0 Å². The van der Waals surface area contributed by atoms with Crippen LogP contribution in [0.15, 0.2) is 0 Å². The van der Waals surface area contributed by atoms with Gasteiger partial charge in [0.1, 0.15) is 0 Å². The van der Waals surface area contributed by atoms with Crippen LogP contribution in [-0.2, 0) is 19.1 Å². The lowest BCUT2D eigenvalue weighted by Gasteiger charge is -2.14. The predicted molar refractivity (Wildman–Crippen MR) is 137 cm³/mol. The second-order valence-corrected chi connectivity index (χ2v) is 11.2. The van der Waals surface area contributed by atoms with Crippen LogP contribution in [0.4, 0.5) is 0 Å². The summed E-state index contributed by atoms with van der Waals surface area (Å²) in [4.78, 5) is 24.8. The maximum absolute atomic E-state index is 12.4. The minimum Gasteiger partial charge on any atom is -0.465 e.